The van der Waals surface area contributed by atoms with Gasteiger partial charge in [-0.25, -0.2) is 4.39 Å². The molecular weight excluding hydrogens is 315 g/mol. The predicted octanol–water partition coefficient (Wildman–Crippen LogP) is 3.52. The molecule has 3 unspecified atom stereocenters. The molecule has 2 rings (SSSR count). The van der Waals surface area contributed by atoms with Crippen molar-refractivity contribution in [3.05, 3.63) is 34.1 Å². The van der Waals surface area contributed by atoms with E-state index in [0.717, 1.165) is 0 Å². The van der Waals surface area contributed by atoms with Crippen molar-refractivity contribution in [1.29, 1.82) is 0 Å². The van der Waals surface area contributed by atoms with Gasteiger partial charge in [0.05, 0.1) is 10.4 Å². The highest BCUT2D eigenvalue weighted by atomic mass is 79.9. The van der Waals surface area contributed by atoms with Crippen molar-refractivity contribution in [1.82, 2.24) is 0 Å². The Hall–Kier alpha value is -1.23. The third-order valence-corrected chi connectivity index (χ3v) is 4.26. The minimum atomic E-state index is -0.927. The Kier molecular flexibility index (Phi) is 4.04. The van der Waals surface area contributed by atoms with E-state index in [1.807, 2.05) is 6.92 Å². The molecule has 0 amide bonds. The zero-order valence-corrected chi connectivity index (χ0v) is 12.0. The number of ketones is 1. The third-order valence-electron chi connectivity index (χ3n) is 3.66. The van der Waals surface area contributed by atoms with Crippen molar-refractivity contribution >= 4 is 27.7 Å². The molecule has 0 saturated heterocycles. The minimum absolute atomic E-state index is 0.211. The quantitative estimate of drug-likeness (QED) is 0.864. The second kappa shape index (κ2) is 5.41. The molecule has 0 radical (unpaired) electrons. The first-order chi connectivity index (χ1) is 8.90. The van der Waals surface area contributed by atoms with Gasteiger partial charge in [-0.3, -0.25) is 9.59 Å². The summed E-state index contributed by atoms with van der Waals surface area (Å²) in [5, 5.41) is 9.17. The highest BCUT2D eigenvalue weighted by molar-refractivity contribution is 9.10. The van der Waals surface area contributed by atoms with Crippen molar-refractivity contribution in [2.75, 3.05) is 0 Å². The molecule has 102 valence electrons. The summed E-state index contributed by atoms with van der Waals surface area (Å²) < 4.78 is 13.4. The Labute approximate surface area is 118 Å². The van der Waals surface area contributed by atoms with Crippen LogP contribution in [0.1, 0.15) is 30.1 Å². The lowest BCUT2D eigenvalue weighted by atomic mass is 9.88. The lowest BCUT2D eigenvalue weighted by Crippen LogP contribution is -2.25. The number of carboxylic acid groups (broad SMARTS) is 1. The average molecular weight is 329 g/mol. The Balaban J connectivity index is 2.27. The summed E-state index contributed by atoms with van der Waals surface area (Å²) in [5.41, 5.74) is 0.360. The maximum atomic E-state index is 13.2. The second-order valence-corrected chi connectivity index (χ2v) is 5.98. The van der Waals surface area contributed by atoms with Gasteiger partial charge in [-0.1, -0.05) is 6.92 Å². The number of carbonyl (C=O) groups excluding carboxylic acids is 1. The van der Waals surface area contributed by atoms with Crippen LogP contribution >= 0.6 is 15.9 Å². The molecule has 3 nitrogen and oxygen atoms in total. The number of hydrogen-bond acceptors (Lipinski definition) is 2. The third kappa shape index (κ3) is 2.86. The summed E-state index contributed by atoms with van der Waals surface area (Å²) in [7, 11) is 0. The monoisotopic (exact) mass is 328 g/mol. The van der Waals surface area contributed by atoms with Crippen molar-refractivity contribution < 1.29 is 19.1 Å². The van der Waals surface area contributed by atoms with E-state index >= 15 is 0 Å². The fourth-order valence-corrected chi connectivity index (χ4v) is 3.10. The molecule has 1 saturated carbocycles. The van der Waals surface area contributed by atoms with Crippen LogP contribution in [0.15, 0.2) is 22.7 Å². The molecule has 0 aliphatic heterocycles. The summed E-state index contributed by atoms with van der Waals surface area (Å²) in [6.07, 6.45) is 1.10. The molecule has 0 aromatic heterocycles. The molecule has 1 N–H and O–H groups in total. The van der Waals surface area contributed by atoms with Gasteiger partial charge < -0.3 is 5.11 Å². The molecule has 1 aliphatic carbocycles. The van der Waals surface area contributed by atoms with Crippen molar-refractivity contribution in [2.24, 2.45) is 17.8 Å². The summed E-state index contributed by atoms with van der Waals surface area (Å²) in [5.74, 6) is -2.50. The van der Waals surface area contributed by atoms with Crippen LogP contribution in [-0.4, -0.2) is 16.9 Å². The van der Waals surface area contributed by atoms with E-state index in [4.69, 9.17) is 0 Å². The molecule has 0 spiro atoms. The number of halogens is 2. The molecule has 3 atom stereocenters. The number of rotatable bonds is 3. The first-order valence-corrected chi connectivity index (χ1v) is 6.91. The summed E-state index contributed by atoms with van der Waals surface area (Å²) in [6.45, 7) is 1.95. The number of carboxylic acids is 1. The van der Waals surface area contributed by atoms with Gasteiger partial charge >= 0.3 is 5.97 Å². The standard InChI is InChI=1S/C14H14BrFO3/c1-7-4-9(10(5-7)14(18)19)13(17)8-2-3-12(16)11(15)6-8/h2-3,6-7,9-10H,4-5H2,1H3,(H,18,19). The van der Waals surface area contributed by atoms with E-state index < -0.39 is 23.6 Å². The summed E-state index contributed by atoms with van der Waals surface area (Å²) in [6, 6.07) is 4.04. The highest BCUT2D eigenvalue weighted by Crippen LogP contribution is 2.38. The Morgan fingerprint density at radius 1 is 1.32 bits per heavy atom. The summed E-state index contributed by atoms with van der Waals surface area (Å²) >= 11 is 3.04. The maximum absolute atomic E-state index is 13.2. The lowest BCUT2D eigenvalue weighted by Gasteiger charge is -2.14. The van der Waals surface area contributed by atoms with Gasteiger partial charge in [0.1, 0.15) is 5.82 Å². The highest BCUT2D eigenvalue weighted by Gasteiger charge is 2.41. The Morgan fingerprint density at radius 2 is 1.95 bits per heavy atom. The second-order valence-electron chi connectivity index (χ2n) is 5.12. The van der Waals surface area contributed by atoms with Gasteiger partial charge in [0.25, 0.3) is 0 Å². The van der Waals surface area contributed by atoms with Gasteiger partial charge in [-0.2, -0.15) is 0 Å². The number of Topliss-reactive ketones (excluding diaryl/α,β-unsaturated/α-hetero) is 1. The normalized spacial score (nSPS) is 26.4. The van der Waals surface area contributed by atoms with Crippen LogP contribution in [0.4, 0.5) is 4.39 Å². The first-order valence-electron chi connectivity index (χ1n) is 6.12. The van der Waals surface area contributed by atoms with Crippen LogP contribution in [0.25, 0.3) is 0 Å². The average Bonchev–Trinajstić information content (AvgIpc) is 2.74. The Bertz CT molecular complexity index is 529. The van der Waals surface area contributed by atoms with Gasteiger partial charge in [0.15, 0.2) is 5.78 Å². The molecule has 1 aromatic rings. The molecule has 0 heterocycles. The van der Waals surface area contributed by atoms with Gasteiger partial charge in [0, 0.05) is 11.5 Å². The van der Waals surface area contributed by atoms with E-state index in [2.05, 4.69) is 15.9 Å². The van der Waals surface area contributed by atoms with Crippen LogP contribution in [0.2, 0.25) is 0 Å². The van der Waals surface area contributed by atoms with Crippen LogP contribution in [-0.2, 0) is 4.79 Å². The van der Waals surface area contributed by atoms with Crippen molar-refractivity contribution in [2.45, 2.75) is 19.8 Å². The molecule has 19 heavy (non-hydrogen) atoms. The minimum Gasteiger partial charge on any atom is -0.481 e. The molecule has 0 bridgehead atoms. The Morgan fingerprint density at radius 3 is 2.53 bits per heavy atom. The molecule has 5 heteroatoms. The van der Waals surface area contributed by atoms with Crippen LogP contribution in [0.3, 0.4) is 0 Å². The molecule has 1 aromatic carbocycles. The van der Waals surface area contributed by atoms with Gasteiger partial charge in [-0.15, -0.1) is 0 Å². The van der Waals surface area contributed by atoms with E-state index in [1.165, 1.54) is 18.2 Å². The number of hydrogen-bond donors (Lipinski definition) is 1. The number of benzene rings is 1. The maximum Gasteiger partial charge on any atom is 0.307 e. The van der Waals surface area contributed by atoms with Crippen LogP contribution in [0, 0.1) is 23.6 Å². The SMILES string of the molecule is CC1CC(C(=O)O)C(C(=O)c2ccc(F)c(Br)c2)C1. The van der Waals surface area contributed by atoms with Crippen LogP contribution in [0.5, 0.6) is 0 Å². The zero-order valence-electron chi connectivity index (χ0n) is 10.4. The number of carbonyl (C=O) groups is 2. The largest absolute Gasteiger partial charge is 0.481 e. The zero-order chi connectivity index (χ0) is 14.2. The number of aliphatic carboxylic acids is 1. The van der Waals surface area contributed by atoms with Gasteiger partial charge in [-0.05, 0) is 52.9 Å². The van der Waals surface area contributed by atoms with Crippen molar-refractivity contribution in [3.63, 3.8) is 0 Å². The van der Waals surface area contributed by atoms with Crippen LogP contribution < -0.4 is 0 Å². The topological polar surface area (TPSA) is 54.4 Å². The fraction of sp³-hybridized carbons (Fsp3) is 0.429. The first kappa shape index (κ1) is 14.2. The molecule has 1 aliphatic rings. The van der Waals surface area contributed by atoms with Crippen molar-refractivity contribution in [3.8, 4) is 0 Å². The van der Waals surface area contributed by atoms with Gasteiger partial charge in [0.2, 0.25) is 0 Å². The summed E-state index contributed by atoms with van der Waals surface area (Å²) in [4.78, 5) is 23.6. The molecule has 1 fully saturated rings. The fourth-order valence-electron chi connectivity index (χ4n) is 2.72. The van der Waals surface area contributed by atoms with E-state index in [0.29, 0.717) is 18.4 Å². The predicted molar refractivity (Wildman–Crippen MR) is 71.4 cm³/mol. The molecular formula is C14H14BrFO3. The van der Waals surface area contributed by atoms with E-state index in [-0.39, 0.29) is 16.2 Å². The van der Waals surface area contributed by atoms with E-state index in [1.54, 1.807) is 0 Å². The lowest BCUT2D eigenvalue weighted by molar-refractivity contribution is -0.142. The smallest absolute Gasteiger partial charge is 0.307 e. The van der Waals surface area contributed by atoms with E-state index in [9.17, 15) is 19.1 Å².